The Bertz CT molecular complexity index is 1890. The highest BCUT2D eigenvalue weighted by molar-refractivity contribution is 7.92. The van der Waals surface area contributed by atoms with Crippen molar-refractivity contribution in [1.82, 2.24) is 4.98 Å². The van der Waals surface area contributed by atoms with Gasteiger partial charge in [0.1, 0.15) is 23.1 Å². The molecule has 3 aromatic carbocycles. The number of aromatic nitrogens is 1. The minimum atomic E-state index is -5.49. The van der Waals surface area contributed by atoms with Gasteiger partial charge in [0.05, 0.1) is 21.4 Å². The summed E-state index contributed by atoms with van der Waals surface area (Å²) in [7, 11) is -5.49. The van der Waals surface area contributed by atoms with Gasteiger partial charge in [-0.05, 0) is 62.2 Å². The number of pyridine rings is 1. The van der Waals surface area contributed by atoms with E-state index in [-0.39, 0.29) is 16.7 Å². The van der Waals surface area contributed by atoms with Crippen molar-refractivity contribution >= 4 is 37.7 Å². The van der Waals surface area contributed by atoms with Gasteiger partial charge in [0, 0.05) is 10.9 Å². The number of nitrogens with zero attached hydrogens (tertiary/aromatic N) is 1. The molecule has 206 valence electrons. The highest BCUT2D eigenvalue weighted by atomic mass is 32.2. The van der Waals surface area contributed by atoms with Crippen LogP contribution in [0.3, 0.4) is 0 Å². The molecule has 2 heterocycles. The van der Waals surface area contributed by atoms with Crippen LogP contribution in [0.5, 0.6) is 5.75 Å². The highest BCUT2D eigenvalue weighted by Crippen LogP contribution is 2.38. The summed E-state index contributed by atoms with van der Waals surface area (Å²) in [6.07, 6.45) is -0.771. The molecule has 5 aromatic rings. The van der Waals surface area contributed by atoms with Crippen LogP contribution in [-0.4, -0.2) is 30.0 Å². The Morgan fingerprint density at radius 1 is 1.02 bits per heavy atom. The standard InChI is InChI=1S/C29H22F3NO6S/c1-15-8-13-24(38-17(3)18-9-11-19(12-10-18)40(36,37)29(30,31)32)25-21(28(34)35)14-22(33-26(15)25)27-16(2)20-6-4-5-7-23(20)39-27/h4-14,17H,1-3H3,(H,34,35). The minimum absolute atomic E-state index is 0.0719. The van der Waals surface area contributed by atoms with E-state index in [2.05, 4.69) is 0 Å². The molecule has 0 aliphatic rings. The Labute approximate surface area is 226 Å². The minimum Gasteiger partial charge on any atom is -0.485 e. The normalized spacial score (nSPS) is 13.1. The lowest BCUT2D eigenvalue weighted by Crippen LogP contribution is -2.23. The van der Waals surface area contributed by atoms with E-state index in [0.29, 0.717) is 33.7 Å². The Morgan fingerprint density at radius 3 is 2.33 bits per heavy atom. The molecule has 0 spiro atoms. The quantitative estimate of drug-likeness (QED) is 0.227. The third-order valence-electron chi connectivity index (χ3n) is 6.70. The van der Waals surface area contributed by atoms with Crippen LogP contribution in [0, 0.1) is 13.8 Å². The van der Waals surface area contributed by atoms with E-state index >= 15 is 0 Å². The van der Waals surface area contributed by atoms with Crippen molar-refractivity contribution in [2.24, 2.45) is 0 Å². The number of aryl methyl sites for hydroxylation is 2. The summed E-state index contributed by atoms with van der Waals surface area (Å²) in [6, 6.07) is 16.3. The van der Waals surface area contributed by atoms with Crippen LogP contribution >= 0.6 is 0 Å². The molecule has 1 unspecified atom stereocenters. The van der Waals surface area contributed by atoms with Gasteiger partial charge in [-0.15, -0.1) is 0 Å². The Hall–Kier alpha value is -4.38. The summed E-state index contributed by atoms with van der Waals surface area (Å²) in [6.45, 7) is 5.26. The Morgan fingerprint density at radius 2 is 1.70 bits per heavy atom. The molecule has 5 rings (SSSR count). The second kappa shape index (κ2) is 9.67. The van der Waals surface area contributed by atoms with Crippen LogP contribution in [-0.2, 0) is 9.84 Å². The van der Waals surface area contributed by atoms with Gasteiger partial charge in [-0.25, -0.2) is 18.2 Å². The first-order valence-corrected chi connectivity index (χ1v) is 13.5. The number of sulfone groups is 1. The second-order valence-electron chi connectivity index (χ2n) is 9.30. The summed E-state index contributed by atoms with van der Waals surface area (Å²) >= 11 is 0. The molecule has 1 N–H and O–H groups in total. The van der Waals surface area contributed by atoms with Gasteiger partial charge in [0.25, 0.3) is 9.84 Å². The average Bonchev–Trinajstić information content (AvgIpc) is 3.25. The van der Waals surface area contributed by atoms with E-state index < -0.39 is 32.3 Å². The lowest BCUT2D eigenvalue weighted by Gasteiger charge is -2.19. The average molecular weight is 570 g/mol. The van der Waals surface area contributed by atoms with Gasteiger partial charge in [-0.1, -0.05) is 36.4 Å². The molecule has 0 amide bonds. The molecule has 40 heavy (non-hydrogen) atoms. The molecule has 0 saturated heterocycles. The first-order valence-electron chi connectivity index (χ1n) is 12.0. The van der Waals surface area contributed by atoms with Gasteiger partial charge in [-0.2, -0.15) is 13.2 Å². The van der Waals surface area contributed by atoms with Crippen LogP contribution in [0.1, 0.15) is 40.1 Å². The van der Waals surface area contributed by atoms with Crippen molar-refractivity contribution in [3.8, 4) is 17.2 Å². The number of benzene rings is 3. The number of carboxylic acids is 1. The van der Waals surface area contributed by atoms with Crippen molar-refractivity contribution in [2.75, 3.05) is 0 Å². The SMILES string of the molecule is Cc1c(-c2cc(C(=O)O)c3c(OC(C)c4ccc(S(=O)(=O)C(F)(F)F)cc4)ccc(C)c3n2)oc2ccccc12. The first kappa shape index (κ1) is 27.2. The van der Waals surface area contributed by atoms with Crippen LogP contribution in [0.2, 0.25) is 0 Å². The summed E-state index contributed by atoms with van der Waals surface area (Å²) in [5.74, 6) is -0.580. The maximum absolute atomic E-state index is 12.9. The van der Waals surface area contributed by atoms with Gasteiger partial charge in [0.2, 0.25) is 0 Å². The van der Waals surface area contributed by atoms with E-state index in [1.54, 1.807) is 26.0 Å². The number of alkyl halides is 3. The number of fused-ring (bicyclic) bond motifs is 2. The van der Waals surface area contributed by atoms with E-state index in [1.165, 1.54) is 18.2 Å². The summed E-state index contributed by atoms with van der Waals surface area (Å²) in [5, 5.41) is 11.3. The number of aromatic carboxylic acids is 1. The second-order valence-corrected chi connectivity index (χ2v) is 11.2. The van der Waals surface area contributed by atoms with E-state index in [9.17, 15) is 31.5 Å². The van der Waals surface area contributed by atoms with Crippen molar-refractivity contribution < 1.29 is 40.6 Å². The predicted octanol–water partition coefficient (Wildman–Crippen LogP) is 7.40. The molecular weight excluding hydrogens is 547 g/mol. The largest absolute Gasteiger partial charge is 0.501 e. The zero-order chi connectivity index (χ0) is 29.0. The number of carboxylic acid groups (broad SMARTS) is 1. The Kier molecular flexibility index (Phi) is 6.57. The molecule has 0 saturated carbocycles. The van der Waals surface area contributed by atoms with Crippen LogP contribution in [0.15, 0.2) is 76.0 Å². The molecule has 11 heteroatoms. The van der Waals surface area contributed by atoms with Crippen molar-refractivity contribution in [1.29, 1.82) is 0 Å². The lowest BCUT2D eigenvalue weighted by atomic mass is 10.0. The molecular formula is C29H22F3NO6S. The third kappa shape index (κ3) is 4.56. The fourth-order valence-electron chi connectivity index (χ4n) is 4.55. The number of hydrogen-bond donors (Lipinski definition) is 1. The predicted molar refractivity (Wildman–Crippen MR) is 142 cm³/mol. The summed E-state index contributed by atoms with van der Waals surface area (Å²) < 4.78 is 74.1. The topological polar surface area (TPSA) is 107 Å². The van der Waals surface area contributed by atoms with E-state index in [1.807, 2.05) is 31.2 Å². The number of halogens is 3. The molecule has 0 aliphatic carbocycles. The van der Waals surface area contributed by atoms with Crippen molar-refractivity contribution in [3.63, 3.8) is 0 Å². The van der Waals surface area contributed by atoms with Gasteiger partial charge in [-0.3, -0.25) is 0 Å². The number of ether oxygens (including phenoxy) is 1. The molecule has 1 atom stereocenters. The number of carbonyl (C=O) groups is 1. The summed E-state index contributed by atoms with van der Waals surface area (Å²) in [5.41, 5.74) is -2.24. The third-order valence-corrected chi connectivity index (χ3v) is 8.20. The number of rotatable bonds is 6. The fraction of sp³-hybridized carbons (Fsp3) is 0.172. The molecule has 0 radical (unpaired) electrons. The fourth-order valence-corrected chi connectivity index (χ4v) is 5.32. The van der Waals surface area contributed by atoms with Gasteiger partial charge < -0.3 is 14.3 Å². The molecule has 0 fully saturated rings. The number of furan rings is 1. The Balaban J connectivity index is 1.57. The van der Waals surface area contributed by atoms with Crippen molar-refractivity contribution in [2.45, 2.75) is 37.3 Å². The highest BCUT2D eigenvalue weighted by Gasteiger charge is 2.46. The van der Waals surface area contributed by atoms with Crippen LogP contribution < -0.4 is 4.74 Å². The zero-order valence-corrected chi connectivity index (χ0v) is 22.2. The van der Waals surface area contributed by atoms with Crippen LogP contribution in [0.25, 0.3) is 33.3 Å². The lowest BCUT2D eigenvalue weighted by molar-refractivity contribution is -0.0436. The zero-order valence-electron chi connectivity index (χ0n) is 21.4. The van der Waals surface area contributed by atoms with Gasteiger partial charge in [0.15, 0.2) is 5.76 Å². The summed E-state index contributed by atoms with van der Waals surface area (Å²) in [4.78, 5) is 16.3. The van der Waals surface area contributed by atoms with E-state index in [0.717, 1.165) is 23.1 Å². The van der Waals surface area contributed by atoms with E-state index in [4.69, 9.17) is 14.1 Å². The smallest absolute Gasteiger partial charge is 0.485 e. The first-order chi connectivity index (χ1) is 18.8. The number of hydrogen-bond acceptors (Lipinski definition) is 6. The molecule has 0 aliphatic heterocycles. The van der Waals surface area contributed by atoms with Crippen molar-refractivity contribution in [3.05, 3.63) is 89.0 Å². The molecule has 2 aromatic heterocycles. The van der Waals surface area contributed by atoms with Gasteiger partial charge >= 0.3 is 11.5 Å². The maximum Gasteiger partial charge on any atom is 0.501 e. The maximum atomic E-state index is 12.9. The molecule has 0 bridgehead atoms. The molecule has 7 nitrogen and oxygen atoms in total. The monoisotopic (exact) mass is 569 g/mol. The van der Waals surface area contributed by atoms with Crippen LogP contribution in [0.4, 0.5) is 13.2 Å². The number of para-hydroxylation sites is 1.